The molecule has 1 N–H and O–H groups in total. The summed E-state index contributed by atoms with van der Waals surface area (Å²) in [5.41, 5.74) is -0.284. The fourth-order valence-corrected chi connectivity index (χ4v) is 1.15. The molecule has 0 bridgehead atoms. The molecule has 0 spiro atoms. The van der Waals surface area contributed by atoms with E-state index in [1.165, 1.54) is 0 Å². The first kappa shape index (κ1) is 15.3. The molecule has 0 radical (unpaired) electrons. The number of alkyl halides is 2. The van der Waals surface area contributed by atoms with Crippen LogP contribution in [-0.2, 0) is 4.74 Å². The van der Waals surface area contributed by atoms with Crippen LogP contribution in [0.4, 0.5) is 8.78 Å². The predicted molar refractivity (Wildman–Crippen MR) is 58.3 cm³/mol. The van der Waals surface area contributed by atoms with Crippen molar-refractivity contribution in [2.45, 2.75) is 33.1 Å². The number of halogens is 2. The number of rotatable bonds is 9. The van der Waals surface area contributed by atoms with Crippen molar-refractivity contribution in [1.82, 2.24) is 5.32 Å². The first-order valence-corrected chi connectivity index (χ1v) is 5.46. The van der Waals surface area contributed by atoms with Crippen LogP contribution in [0.5, 0.6) is 0 Å². The molecule has 0 aromatic heterocycles. The number of nitrogens with one attached hydrogen (secondary N) is 1. The van der Waals surface area contributed by atoms with Gasteiger partial charge in [0.15, 0.2) is 0 Å². The van der Waals surface area contributed by atoms with Crippen molar-refractivity contribution >= 4 is 0 Å². The van der Waals surface area contributed by atoms with E-state index in [4.69, 9.17) is 10.00 Å². The average Bonchev–Trinajstić information content (AvgIpc) is 2.21. The zero-order chi connectivity index (χ0) is 12.4. The maximum atomic E-state index is 11.7. The van der Waals surface area contributed by atoms with Crippen LogP contribution in [-0.4, -0.2) is 32.7 Å². The van der Waals surface area contributed by atoms with Crippen LogP contribution in [0, 0.1) is 16.7 Å². The summed E-state index contributed by atoms with van der Waals surface area (Å²) in [7, 11) is 0. The summed E-state index contributed by atoms with van der Waals surface area (Å²) in [6.07, 6.45) is -0.666. The molecule has 0 saturated heterocycles. The maximum absolute atomic E-state index is 11.7. The van der Waals surface area contributed by atoms with Gasteiger partial charge in [0, 0.05) is 6.54 Å². The van der Waals surface area contributed by atoms with E-state index in [0.29, 0.717) is 13.2 Å². The number of nitriles is 1. The van der Waals surface area contributed by atoms with Crippen LogP contribution in [0.2, 0.25) is 0 Å². The molecule has 0 aromatic rings. The third kappa shape index (κ3) is 9.81. The molecule has 94 valence electrons. The predicted octanol–water partition coefficient (Wildman–Crippen LogP) is 2.19. The summed E-state index contributed by atoms with van der Waals surface area (Å²) in [5, 5.41) is 11.8. The van der Waals surface area contributed by atoms with Gasteiger partial charge in [0.25, 0.3) is 6.43 Å². The van der Waals surface area contributed by atoms with Crippen LogP contribution < -0.4 is 5.32 Å². The molecule has 0 aliphatic carbocycles. The maximum Gasteiger partial charge on any atom is 0.261 e. The Morgan fingerprint density at radius 3 is 2.62 bits per heavy atom. The first-order chi connectivity index (χ1) is 7.48. The second-order valence-electron chi connectivity index (χ2n) is 4.32. The highest BCUT2D eigenvalue weighted by molar-refractivity contribution is 4.91. The van der Waals surface area contributed by atoms with Crippen LogP contribution in [0.1, 0.15) is 26.7 Å². The Bertz CT molecular complexity index is 215. The Balaban J connectivity index is 3.20. The molecule has 0 rings (SSSR count). The molecule has 0 unspecified atom stereocenters. The van der Waals surface area contributed by atoms with Gasteiger partial charge in [-0.15, -0.1) is 0 Å². The van der Waals surface area contributed by atoms with Crippen molar-refractivity contribution in [1.29, 1.82) is 5.26 Å². The zero-order valence-corrected chi connectivity index (χ0v) is 9.93. The normalized spacial score (nSPS) is 11.8. The lowest BCUT2D eigenvalue weighted by atomic mass is 9.90. The van der Waals surface area contributed by atoms with Crippen LogP contribution >= 0.6 is 0 Å². The molecule has 0 fully saturated rings. The summed E-state index contributed by atoms with van der Waals surface area (Å²) < 4.78 is 28.0. The second-order valence-corrected chi connectivity index (χ2v) is 4.32. The zero-order valence-electron chi connectivity index (χ0n) is 9.93. The van der Waals surface area contributed by atoms with Crippen molar-refractivity contribution < 1.29 is 13.5 Å². The third-order valence-corrected chi connectivity index (χ3v) is 2.13. The van der Waals surface area contributed by atoms with E-state index in [9.17, 15) is 8.78 Å². The van der Waals surface area contributed by atoms with Gasteiger partial charge in [-0.1, -0.05) is 0 Å². The van der Waals surface area contributed by atoms with E-state index >= 15 is 0 Å². The van der Waals surface area contributed by atoms with E-state index < -0.39 is 13.0 Å². The van der Waals surface area contributed by atoms with Gasteiger partial charge in [-0.2, -0.15) is 5.26 Å². The molecule has 3 nitrogen and oxygen atoms in total. The van der Waals surface area contributed by atoms with Gasteiger partial charge in [0.2, 0.25) is 0 Å². The molecular formula is C11H20F2N2O. The third-order valence-electron chi connectivity index (χ3n) is 2.13. The van der Waals surface area contributed by atoms with Gasteiger partial charge in [-0.25, -0.2) is 8.78 Å². The highest BCUT2D eigenvalue weighted by atomic mass is 19.3. The summed E-state index contributed by atoms with van der Waals surface area (Å²) in [5.74, 6) is 0. The molecule has 0 aliphatic heterocycles. The van der Waals surface area contributed by atoms with Crippen molar-refractivity contribution in [2.24, 2.45) is 5.41 Å². The second kappa shape index (κ2) is 8.43. The molecule has 0 atom stereocenters. The minimum Gasteiger partial charge on any atom is -0.374 e. The highest BCUT2D eigenvalue weighted by Gasteiger charge is 2.15. The Hall–Kier alpha value is -0.730. The smallest absolute Gasteiger partial charge is 0.261 e. The Kier molecular flexibility index (Phi) is 8.04. The summed E-state index contributed by atoms with van der Waals surface area (Å²) in [6.45, 7) is 4.95. The standard InChI is InChI=1S/C11H20F2N2O/c1-11(2,9-14)4-3-5-15-6-7-16-8-10(12)13/h10,15H,3-8H2,1-2H3. The van der Waals surface area contributed by atoms with Gasteiger partial charge in [-0.3, -0.25) is 0 Å². The van der Waals surface area contributed by atoms with E-state index in [-0.39, 0.29) is 5.41 Å². The minimum atomic E-state index is -2.39. The molecule has 5 heteroatoms. The first-order valence-electron chi connectivity index (χ1n) is 5.46. The van der Waals surface area contributed by atoms with Gasteiger partial charge in [-0.05, 0) is 33.2 Å². The van der Waals surface area contributed by atoms with Crippen molar-refractivity contribution in [2.75, 3.05) is 26.3 Å². The van der Waals surface area contributed by atoms with E-state index in [1.807, 2.05) is 13.8 Å². The Labute approximate surface area is 95.8 Å². The lowest BCUT2D eigenvalue weighted by Crippen LogP contribution is -2.23. The van der Waals surface area contributed by atoms with E-state index in [1.54, 1.807) is 0 Å². The quantitative estimate of drug-likeness (QED) is 0.622. The lowest BCUT2D eigenvalue weighted by molar-refractivity contribution is 0.0188. The molecule has 0 amide bonds. The highest BCUT2D eigenvalue weighted by Crippen LogP contribution is 2.19. The number of nitrogens with zero attached hydrogens (tertiary/aromatic N) is 1. The van der Waals surface area contributed by atoms with Crippen LogP contribution in [0.15, 0.2) is 0 Å². The van der Waals surface area contributed by atoms with Gasteiger partial charge in [0.05, 0.1) is 18.1 Å². The Morgan fingerprint density at radius 1 is 1.38 bits per heavy atom. The number of hydrogen-bond acceptors (Lipinski definition) is 3. The van der Waals surface area contributed by atoms with Crippen molar-refractivity contribution in [3.05, 3.63) is 0 Å². The summed E-state index contributed by atoms with van der Waals surface area (Å²) in [4.78, 5) is 0. The molecule has 0 heterocycles. The number of ether oxygens (including phenoxy) is 1. The van der Waals surface area contributed by atoms with Crippen LogP contribution in [0.3, 0.4) is 0 Å². The van der Waals surface area contributed by atoms with E-state index in [2.05, 4.69) is 11.4 Å². The average molecular weight is 234 g/mol. The largest absolute Gasteiger partial charge is 0.374 e. The molecule has 16 heavy (non-hydrogen) atoms. The molecule has 0 aliphatic rings. The van der Waals surface area contributed by atoms with Gasteiger partial charge >= 0.3 is 0 Å². The fourth-order valence-electron chi connectivity index (χ4n) is 1.15. The molecular weight excluding hydrogens is 214 g/mol. The summed E-state index contributed by atoms with van der Waals surface area (Å²) >= 11 is 0. The van der Waals surface area contributed by atoms with Gasteiger partial charge in [0.1, 0.15) is 6.61 Å². The topological polar surface area (TPSA) is 45.0 Å². The number of hydrogen-bond donors (Lipinski definition) is 1. The SMILES string of the molecule is CC(C)(C#N)CCCNCCOCC(F)F. The fraction of sp³-hybridized carbons (Fsp3) is 0.909. The molecule has 0 saturated carbocycles. The lowest BCUT2D eigenvalue weighted by Gasteiger charge is -2.14. The minimum absolute atomic E-state index is 0.284. The van der Waals surface area contributed by atoms with Crippen molar-refractivity contribution in [3.63, 3.8) is 0 Å². The Morgan fingerprint density at radius 2 is 2.06 bits per heavy atom. The molecule has 0 aromatic carbocycles. The van der Waals surface area contributed by atoms with Gasteiger partial charge < -0.3 is 10.1 Å². The van der Waals surface area contributed by atoms with E-state index in [0.717, 1.165) is 19.4 Å². The summed E-state index contributed by atoms with van der Waals surface area (Å²) in [6, 6.07) is 2.23. The van der Waals surface area contributed by atoms with Crippen LogP contribution in [0.25, 0.3) is 0 Å². The monoisotopic (exact) mass is 234 g/mol. The van der Waals surface area contributed by atoms with Crippen molar-refractivity contribution in [3.8, 4) is 6.07 Å².